The molecule has 1 amide bonds. The molecule has 2 heterocycles. The number of esters is 1. The third kappa shape index (κ3) is 4.32. The van der Waals surface area contributed by atoms with Crippen molar-refractivity contribution in [2.24, 2.45) is 0 Å². The van der Waals surface area contributed by atoms with Crippen LogP contribution in [-0.4, -0.2) is 53.5 Å². The van der Waals surface area contributed by atoms with Crippen molar-refractivity contribution in [2.45, 2.75) is 32.9 Å². The molecule has 3 rings (SSSR count). The third-order valence-corrected chi connectivity index (χ3v) is 5.69. The molecule has 7 nitrogen and oxygen atoms in total. The van der Waals surface area contributed by atoms with Crippen LogP contribution in [0.3, 0.4) is 0 Å². The number of pyridine rings is 1. The minimum atomic E-state index is -0.412. The zero-order valence-electron chi connectivity index (χ0n) is 17.1. The molecule has 0 spiro atoms. The SMILES string of the molecule is CCOC(=O)c1cccnc1N1C[C@@H](C)N(C(=O)c2cc(Cl)c(N)c(Cl)c2)[C@@H](C)C1. The van der Waals surface area contributed by atoms with Gasteiger partial charge in [-0.1, -0.05) is 23.2 Å². The predicted octanol–water partition coefficient (Wildman–Crippen LogP) is 3.89. The number of nitrogen functional groups attached to an aromatic ring is 1. The summed E-state index contributed by atoms with van der Waals surface area (Å²) in [5.41, 5.74) is 6.84. The number of piperazine rings is 1. The van der Waals surface area contributed by atoms with Crippen LogP contribution in [0.15, 0.2) is 30.5 Å². The molecule has 9 heteroatoms. The van der Waals surface area contributed by atoms with E-state index in [0.29, 0.717) is 30.0 Å². The molecule has 0 aliphatic carbocycles. The summed E-state index contributed by atoms with van der Waals surface area (Å²) in [5.74, 6) is -0.0315. The van der Waals surface area contributed by atoms with Crippen LogP contribution >= 0.6 is 23.2 Å². The van der Waals surface area contributed by atoms with Gasteiger partial charge in [0.25, 0.3) is 5.91 Å². The second-order valence-corrected chi connectivity index (χ2v) is 8.08. The van der Waals surface area contributed by atoms with Gasteiger partial charge in [-0.3, -0.25) is 4.79 Å². The Balaban J connectivity index is 1.85. The third-order valence-electron chi connectivity index (χ3n) is 5.06. The standard InChI is InChI=1S/C21H24Cl2N4O3/c1-4-30-21(29)15-6-5-7-25-19(15)26-10-12(2)27(13(3)11-26)20(28)14-8-16(22)18(24)17(23)9-14/h5-9,12-13H,4,10-11,24H2,1-3H3/t12-,13+. The van der Waals surface area contributed by atoms with Crippen LogP contribution in [0.5, 0.6) is 0 Å². The van der Waals surface area contributed by atoms with Crippen molar-refractivity contribution in [3.05, 3.63) is 51.6 Å². The van der Waals surface area contributed by atoms with Crippen molar-refractivity contribution in [3.63, 3.8) is 0 Å². The molecule has 1 aromatic carbocycles. The molecule has 1 aromatic heterocycles. The highest BCUT2D eigenvalue weighted by Gasteiger charge is 2.35. The lowest BCUT2D eigenvalue weighted by Gasteiger charge is -2.45. The number of aromatic nitrogens is 1. The number of hydrogen-bond acceptors (Lipinski definition) is 6. The summed E-state index contributed by atoms with van der Waals surface area (Å²) in [5, 5.41) is 0.495. The summed E-state index contributed by atoms with van der Waals surface area (Å²) < 4.78 is 5.16. The first kappa shape index (κ1) is 22.2. The smallest absolute Gasteiger partial charge is 0.341 e. The van der Waals surface area contributed by atoms with E-state index in [1.807, 2.05) is 18.7 Å². The maximum absolute atomic E-state index is 13.2. The number of anilines is 2. The number of carbonyl (C=O) groups is 2. The van der Waals surface area contributed by atoms with E-state index in [1.54, 1.807) is 30.2 Å². The summed E-state index contributed by atoms with van der Waals surface area (Å²) in [6.45, 7) is 6.97. The van der Waals surface area contributed by atoms with E-state index in [0.717, 1.165) is 0 Å². The number of ether oxygens (including phenoxy) is 1. The quantitative estimate of drug-likeness (QED) is 0.561. The number of benzene rings is 1. The van der Waals surface area contributed by atoms with E-state index in [4.69, 9.17) is 33.7 Å². The summed E-state index contributed by atoms with van der Waals surface area (Å²) in [6, 6.07) is 6.19. The Morgan fingerprint density at radius 3 is 2.37 bits per heavy atom. The minimum absolute atomic E-state index is 0.145. The molecule has 30 heavy (non-hydrogen) atoms. The molecule has 0 bridgehead atoms. The van der Waals surface area contributed by atoms with Crippen LogP contribution in [0.2, 0.25) is 10.0 Å². The van der Waals surface area contributed by atoms with Crippen LogP contribution in [0.25, 0.3) is 0 Å². The van der Waals surface area contributed by atoms with Gasteiger partial charge in [-0.15, -0.1) is 0 Å². The zero-order chi connectivity index (χ0) is 22.0. The van der Waals surface area contributed by atoms with Crippen molar-refractivity contribution < 1.29 is 14.3 Å². The van der Waals surface area contributed by atoms with E-state index < -0.39 is 5.97 Å². The molecule has 0 radical (unpaired) electrons. The van der Waals surface area contributed by atoms with Crippen LogP contribution in [0.1, 0.15) is 41.5 Å². The van der Waals surface area contributed by atoms with Crippen molar-refractivity contribution in [2.75, 3.05) is 30.3 Å². The Hall–Kier alpha value is -2.51. The normalized spacial score (nSPS) is 19.0. The fourth-order valence-electron chi connectivity index (χ4n) is 3.77. The van der Waals surface area contributed by atoms with Crippen molar-refractivity contribution in [1.82, 2.24) is 9.88 Å². The molecule has 2 atom stereocenters. The maximum Gasteiger partial charge on any atom is 0.341 e. The van der Waals surface area contributed by atoms with Gasteiger partial charge < -0.3 is 20.3 Å². The van der Waals surface area contributed by atoms with Crippen molar-refractivity contribution in [3.8, 4) is 0 Å². The van der Waals surface area contributed by atoms with E-state index >= 15 is 0 Å². The first-order valence-corrected chi connectivity index (χ1v) is 10.4. The number of rotatable bonds is 4. The van der Waals surface area contributed by atoms with Crippen LogP contribution in [0, 0.1) is 0 Å². The van der Waals surface area contributed by atoms with Gasteiger partial charge in [0.2, 0.25) is 0 Å². The van der Waals surface area contributed by atoms with Gasteiger partial charge >= 0.3 is 5.97 Å². The molecule has 1 aliphatic heterocycles. The van der Waals surface area contributed by atoms with Gasteiger partial charge in [-0.25, -0.2) is 9.78 Å². The van der Waals surface area contributed by atoms with Gasteiger partial charge in [0.15, 0.2) is 0 Å². The van der Waals surface area contributed by atoms with Gasteiger partial charge in [-0.05, 0) is 45.0 Å². The number of amides is 1. The summed E-state index contributed by atoms with van der Waals surface area (Å²) in [6.07, 6.45) is 1.64. The molecule has 1 fully saturated rings. The summed E-state index contributed by atoms with van der Waals surface area (Å²) in [4.78, 5) is 33.7. The summed E-state index contributed by atoms with van der Waals surface area (Å²) >= 11 is 12.2. The Morgan fingerprint density at radius 1 is 1.20 bits per heavy atom. The molecular formula is C21H24Cl2N4O3. The zero-order valence-corrected chi connectivity index (χ0v) is 18.6. The Morgan fingerprint density at radius 2 is 1.80 bits per heavy atom. The predicted molar refractivity (Wildman–Crippen MR) is 118 cm³/mol. The molecular weight excluding hydrogens is 427 g/mol. The molecule has 160 valence electrons. The van der Waals surface area contributed by atoms with Gasteiger partial charge in [0, 0.05) is 36.9 Å². The molecule has 1 aliphatic rings. The lowest BCUT2D eigenvalue weighted by Crippen LogP contribution is -2.59. The number of hydrogen-bond donors (Lipinski definition) is 1. The topological polar surface area (TPSA) is 88.8 Å². The lowest BCUT2D eigenvalue weighted by molar-refractivity contribution is 0.0518. The van der Waals surface area contributed by atoms with E-state index in [1.165, 1.54) is 12.1 Å². The first-order chi connectivity index (χ1) is 14.2. The van der Waals surface area contributed by atoms with E-state index in [-0.39, 0.29) is 40.3 Å². The highest BCUT2D eigenvalue weighted by Crippen LogP contribution is 2.31. The Labute approximate surface area is 185 Å². The van der Waals surface area contributed by atoms with Gasteiger partial charge in [0.05, 0.1) is 22.3 Å². The highest BCUT2D eigenvalue weighted by atomic mass is 35.5. The van der Waals surface area contributed by atoms with E-state index in [2.05, 4.69) is 4.98 Å². The number of carbonyl (C=O) groups excluding carboxylic acids is 2. The second kappa shape index (κ2) is 9.10. The minimum Gasteiger partial charge on any atom is -0.462 e. The van der Waals surface area contributed by atoms with Gasteiger partial charge in [0.1, 0.15) is 11.4 Å². The Kier molecular flexibility index (Phi) is 6.73. The van der Waals surface area contributed by atoms with Gasteiger partial charge in [-0.2, -0.15) is 0 Å². The molecule has 1 saturated heterocycles. The van der Waals surface area contributed by atoms with Crippen LogP contribution in [-0.2, 0) is 4.74 Å². The average Bonchev–Trinajstić information content (AvgIpc) is 2.71. The number of nitrogens with two attached hydrogens (primary N) is 1. The molecule has 0 unspecified atom stereocenters. The number of nitrogens with zero attached hydrogens (tertiary/aromatic N) is 3. The summed E-state index contributed by atoms with van der Waals surface area (Å²) in [7, 11) is 0. The first-order valence-electron chi connectivity index (χ1n) is 9.68. The van der Waals surface area contributed by atoms with Crippen molar-refractivity contribution >= 4 is 46.6 Å². The highest BCUT2D eigenvalue weighted by molar-refractivity contribution is 6.39. The molecule has 2 N–H and O–H groups in total. The number of halogens is 2. The fraction of sp³-hybridized carbons (Fsp3) is 0.381. The lowest BCUT2D eigenvalue weighted by atomic mass is 10.0. The second-order valence-electron chi connectivity index (χ2n) is 7.26. The van der Waals surface area contributed by atoms with Crippen LogP contribution in [0.4, 0.5) is 11.5 Å². The monoisotopic (exact) mass is 450 g/mol. The van der Waals surface area contributed by atoms with E-state index in [9.17, 15) is 9.59 Å². The molecule has 0 saturated carbocycles. The fourth-order valence-corrected chi connectivity index (χ4v) is 4.26. The van der Waals surface area contributed by atoms with Crippen LogP contribution < -0.4 is 10.6 Å². The molecule has 2 aromatic rings. The largest absolute Gasteiger partial charge is 0.462 e. The van der Waals surface area contributed by atoms with Crippen molar-refractivity contribution in [1.29, 1.82) is 0 Å². The average molecular weight is 451 g/mol. The maximum atomic E-state index is 13.2. The Bertz CT molecular complexity index is 934.